The zero-order valence-electron chi connectivity index (χ0n) is 12.8. The molecule has 0 bridgehead atoms. The third-order valence-corrected chi connectivity index (χ3v) is 4.55. The van der Waals surface area contributed by atoms with E-state index in [4.69, 9.17) is 5.73 Å². The number of halogens is 1. The van der Waals surface area contributed by atoms with Gasteiger partial charge >= 0.3 is 0 Å². The number of hydrogen-bond acceptors (Lipinski definition) is 5. The van der Waals surface area contributed by atoms with Crippen molar-refractivity contribution in [3.8, 4) is 0 Å². The highest BCUT2D eigenvalue weighted by molar-refractivity contribution is 7.22. The fourth-order valence-corrected chi connectivity index (χ4v) is 2.82. The number of fused-ring (bicyclic) bond motifs is 1. The molecule has 0 fully saturated rings. The average molecular weight is 343 g/mol. The summed E-state index contributed by atoms with van der Waals surface area (Å²) < 4.78 is 1.16. The first kappa shape index (κ1) is 18.7. The lowest BCUT2D eigenvalue weighted by Gasteiger charge is -2.17. The van der Waals surface area contributed by atoms with E-state index in [1.54, 1.807) is 11.3 Å². The molecule has 5 nitrogen and oxygen atoms in total. The maximum Gasteiger partial charge on any atom is 0.237 e. The highest BCUT2D eigenvalue weighted by Gasteiger charge is 2.18. The van der Waals surface area contributed by atoms with Gasteiger partial charge in [0.1, 0.15) is 0 Å². The van der Waals surface area contributed by atoms with Gasteiger partial charge in [0.15, 0.2) is 5.13 Å². The molecular weight excluding hydrogens is 320 g/mol. The van der Waals surface area contributed by atoms with Crippen molar-refractivity contribution < 1.29 is 4.79 Å². The minimum absolute atomic E-state index is 0. The number of benzene rings is 1. The summed E-state index contributed by atoms with van der Waals surface area (Å²) in [6.45, 7) is 5.20. The van der Waals surface area contributed by atoms with Crippen LogP contribution in [0, 0.1) is 5.92 Å². The number of aromatic nitrogens is 1. The van der Waals surface area contributed by atoms with Gasteiger partial charge in [-0.25, -0.2) is 4.98 Å². The quantitative estimate of drug-likeness (QED) is 0.676. The van der Waals surface area contributed by atoms with Crippen LogP contribution in [0.4, 0.5) is 5.13 Å². The fourth-order valence-electron chi connectivity index (χ4n) is 1.93. The molecule has 0 aliphatic heterocycles. The fraction of sp³-hybridized carbons (Fsp3) is 0.467. The zero-order valence-corrected chi connectivity index (χ0v) is 14.5. The Kier molecular flexibility index (Phi) is 7.58. The minimum atomic E-state index is -0.433. The molecule has 7 heteroatoms. The van der Waals surface area contributed by atoms with Crippen LogP contribution in [0.3, 0.4) is 0 Å². The van der Waals surface area contributed by atoms with Crippen LogP contribution in [-0.2, 0) is 4.79 Å². The zero-order chi connectivity index (χ0) is 15.2. The van der Waals surface area contributed by atoms with E-state index in [1.165, 1.54) is 0 Å². The van der Waals surface area contributed by atoms with Gasteiger partial charge in [0.25, 0.3) is 0 Å². The van der Waals surface area contributed by atoms with Gasteiger partial charge in [0.2, 0.25) is 5.91 Å². The molecule has 2 unspecified atom stereocenters. The van der Waals surface area contributed by atoms with Crippen LogP contribution in [0.1, 0.15) is 20.3 Å². The molecule has 1 amide bonds. The van der Waals surface area contributed by atoms with Gasteiger partial charge in [-0.1, -0.05) is 43.7 Å². The molecule has 22 heavy (non-hydrogen) atoms. The summed E-state index contributed by atoms with van der Waals surface area (Å²) in [4.78, 5) is 16.3. The average Bonchev–Trinajstić information content (AvgIpc) is 2.92. The van der Waals surface area contributed by atoms with E-state index >= 15 is 0 Å². The molecule has 2 rings (SSSR count). The van der Waals surface area contributed by atoms with Gasteiger partial charge in [0, 0.05) is 13.1 Å². The number of carbonyl (C=O) groups is 1. The number of amides is 1. The number of para-hydroxylation sites is 1. The molecule has 1 heterocycles. The monoisotopic (exact) mass is 342 g/mol. The van der Waals surface area contributed by atoms with Crippen LogP contribution in [0.25, 0.3) is 10.2 Å². The summed E-state index contributed by atoms with van der Waals surface area (Å²) in [5.74, 6) is 0.109. The van der Waals surface area contributed by atoms with Crippen LogP contribution in [-0.4, -0.2) is 30.0 Å². The number of nitrogens with zero attached hydrogens (tertiary/aromatic N) is 1. The largest absolute Gasteiger partial charge is 0.360 e. The summed E-state index contributed by atoms with van der Waals surface area (Å²) in [5, 5.41) is 6.95. The number of anilines is 1. The maximum absolute atomic E-state index is 11.8. The summed E-state index contributed by atoms with van der Waals surface area (Å²) in [6, 6.07) is 7.58. The molecule has 1 aromatic carbocycles. The molecule has 122 valence electrons. The molecule has 0 saturated heterocycles. The van der Waals surface area contributed by atoms with Crippen molar-refractivity contribution in [3.63, 3.8) is 0 Å². The molecule has 0 aliphatic rings. The molecule has 2 aromatic rings. The number of rotatable bonds is 7. The van der Waals surface area contributed by atoms with Gasteiger partial charge in [-0.2, -0.15) is 0 Å². The van der Waals surface area contributed by atoms with Gasteiger partial charge in [-0.3, -0.25) is 4.79 Å². The van der Waals surface area contributed by atoms with Crippen LogP contribution in [0.2, 0.25) is 0 Å². The summed E-state index contributed by atoms with van der Waals surface area (Å²) >= 11 is 1.61. The molecule has 0 spiro atoms. The van der Waals surface area contributed by atoms with Crippen molar-refractivity contribution in [2.75, 3.05) is 18.4 Å². The van der Waals surface area contributed by atoms with Gasteiger partial charge in [0.05, 0.1) is 16.3 Å². The lowest BCUT2D eigenvalue weighted by Crippen LogP contribution is -2.45. The Balaban J connectivity index is 0.00000242. The SMILES string of the molecule is CCC(C)C(N)C(=O)NCCNc1nc2ccccc2s1.Cl. The lowest BCUT2D eigenvalue weighted by molar-refractivity contribution is -0.123. The van der Waals surface area contributed by atoms with E-state index < -0.39 is 6.04 Å². The van der Waals surface area contributed by atoms with E-state index in [-0.39, 0.29) is 24.2 Å². The first-order valence-electron chi connectivity index (χ1n) is 7.24. The molecule has 2 atom stereocenters. The third kappa shape index (κ3) is 4.83. The summed E-state index contributed by atoms with van der Waals surface area (Å²) in [7, 11) is 0. The molecule has 0 saturated carbocycles. The Labute approximate surface area is 141 Å². The predicted molar refractivity (Wildman–Crippen MR) is 95.8 cm³/mol. The number of hydrogen-bond donors (Lipinski definition) is 3. The highest BCUT2D eigenvalue weighted by atomic mass is 35.5. The number of carbonyl (C=O) groups excluding carboxylic acids is 1. The smallest absolute Gasteiger partial charge is 0.237 e. The van der Waals surface area contributed by atoms with Crippen LogP contribution in [0.15, 0.2) is 24.3 Å². The van der Waals surface area contributed by atoms with Crippen LogP contribution in [0.5, 0.6) is 0 Å². The van der Waals surface area contributed by atoms with Crippen molar-refractivity contribution in [1.82, 2.24) is 10.3 Å². The van der Waals surface area contributed by atoms with E-state index in [0.717, 1.165) is 21.8 Å². The number of nitrogens with one attached hydrogen (secondary N) is 2. The van der Waals surface area contributed by atoms with Gasteiger partial charge in [-0.15, -0.1) is 12.4 Å². The molecule has 1 aromatic heterocycles. The Morgan fingerprint density at radius 3 is 2.77 bits per heavy atom. The van der Waals surface area contributed by atoms with Crippen molar-refractivity contribution in [2.45, 2.75) is 26.3 Å². The van der Waals surface area contributed by atoms with E-state index in [2.05, 4.69) is 15.6 Å². The molecule has 0 aliphatic carbocycles. The Hall–Kier alpha value is -1.37. The number of nitrogens with two attached hydrogens (primary N) is 1. The summed E-state index contributed by atoms with van der Waals surface area (Å²) in [6.07, 6.45) is 0.901. The molecule has 4 N–H and O–H groups in total. The highest BCUT2D eigenvalue weighted by Crippen LogP contribution is 2.24. The molecule has 0 radical (unpaired) electrons. The minimum Gasteiger partial charge on any atom is -0.360 e. The second-order valence-electron chi connectivity index (χ2n) is 5.12. The number of thiazole rings is 1. The maximum atomic E-state index is 11.8. The third-order valence-electron chi connectivity index (χ3n) is 3.55. The standard InChI is InChI=1S/C15H22N4OS.ClH/c1-3-10(2)13(16)14(20)17-8-9-18-15-19-11-6-4-5-7-12(11)21-15;/h4-7,10,13H,3,8-9,16H2,1-2H3,(H,17,20)(H,18,19);1H. The first-order chi connectivity index (χ1) is 10.1. The first-order valence-corrected chi connectivity index (χ1v) is 8.06. The van der Waals surface area contributed by atoms with E-state index in [1.807, 2.05) is 38.1 Å². The predicted octanol–water partition coefficient (Wildman–Crippen LogP) is 2.62. The normalized spacial score (nSPS) is 13.2. The Morgan fingerprint density at radius 2 is 2.09 bits per heavy atom. The molecular formula is C15H23ClN4OS. The van der Waals surface area contributed by atoms with E-state index in [9.17, 15) is 4.79 Å². The topological polar surface area (TPSA) is 80.0 Å². The second-order valence-corrected chi connectivity index (χ2v) is 6.15. The van der Waals surface area contributed by atoms with Gasteiger partial charge in [-0.05, 0) is 18.1 Å². The summed E-state index contributed by atoms with van der Waals surface area (Å²) in [5.41, 5.74) is 6.87. The van der Waals surface area contributed by atoms with Crippen molar-refractivity contribution >= 4 is 45.0 Å². The Bertz CT molecular complexity index is 571. The van der Waals surface area contributed by atoms with Crippen LogP contribution < -0.4 is 16.4 Å². The van der Waals surface area contributed by atoms with Crippen molar-refractivity contribution in [2.24, 2.45) is 11.7 Å². The Morgan fingerprint density at radius 1 is 1.36 bits per heavy atom. The van der Waals surface area contributed by atoms with Crippen molar-refractivity contribution in [3.05, 3.63) is 24.3 Å². The van der Waals surface area contributed by atoms with Gasteiger partial charge < -0.3 is 16.4 Å². The van der Waals surface area contributed by atoms with E-state index in [0.29, 0.717) is 13.1 Å². The van der Waals surface area contributed by atoms with Crippen molar-refractivity contribution in [1.29, 1.82) is 0 Å². The second kappa shape index (κ2) is 8.92. The lowest BCUT2D eigenvalue weighted by atomic mass is 9.99. The van der Waals surface area contributed by atoms with Crippen LogP contribution >= 0.6 is 23.7 Å².